The van der Waals surface area contributed by atoms with Crippen LogP contribution in [0.4, 0.5) is 33.7 Å². The summed E-state index contributed by atoms with van der Waals surface area (Å²) in [4.78, 5) is 23.3. The molecule has 0 unspecified atom stereocenters. The van der Waals surface area contributed by atoms with E-state index in [1.807, 2.05) is 0 Å². The Labute approximate surface area is 140 Å². The van der Waals surface area contributed by atoms with Gasteiger partial charge >= 0.3 is 12.2 Å². The van der Waals surface area contributed by atoms with E-state index in [-0.39, 0.29) is 11.4 Å². The Morgan fingerprint density at radius 2 is 1.60 bits per heavy atom. The van der Waals surface area contributed by atoms with Gasteiger partial charge in [0.15, 0.2) is 0 Å². The first-order chi connectivity index (χ1) is 11.7. The maximum absolute atomic E-state index is 13.0. The zero-order chi connectivity index (χ0) is 18.4. The van der Waals surface area contributed by atoms with Crippen molar-refractivity contribution in [2.24, 2.45) is 0 Å². The van der Waals surface area contributed by atoms with E-state index < -0.39 is 36.0 Å². The number of nitrogens with one attached hydrogen (secondary N) is 3. The van der Waals surface area contributed by atoms with E-state index in [2.05, 4.69) is 16.0 Å². The SMILES string of the molecule is O=C(CNC(=O)Nc1cccc(F)c1)Nc1ccc(C(F)(F)F)cc1. The summed E-state index contributed by atoms with van der Waals surface area (Å²) in [7, 11) is 0. The second kappa shape index (κ2) is 7.65. The average Bonchev–Trinajstić information content (AvgIpc) is 2.53. The molecule has 9 heteroatoms. The van der Waals surface area contributed by atoms with Gasteiger partial charge in [-0.1, -0.05) is 6.07 Å². The van der Waals surface area contributed by atoms with Crippen molar-refractivity contribution < 1.29 is 27.2 Å². The number of benzene rings is 2. The number of halogens is 4. The molecule has 0 heterocycles. The number of urea groups is 1. The van der Waals surface area contributed by atoms with Crippen LogP contribution in [-0.2, 0) is 11.0 Å². The molecule has 0 saturated heterocycles. The summed E-state index contributed by atoms with van der Waals surface area (Å²) in [6, 6.07) is 8.32. The van der Waals surface area contributed by atoms with Crippen LogP contribution in [-0.4, -0.2) is 18.5 Å². The van der Waals surface area contributed by atoms with E-state index in [1.54, 1.807) is 0 Å². The maximum atomic E-state index is 13.0. The van der Waals surface area contributed by atoms with Crippen LogP contribution in [0.25, 0.3) is 0 Å². The Morgan fingerprint density at radius 1 is 0.920 bits per heavy atom. The third-order valence-corrected chi connectivity index (χ3v) is 2.99. The van der Waals surface area contributed by atoms with E-state index in [4.69, 9.17) is 0 Å². The van der Waals surface area contributed by atoms with Gasteiger partial charge in [0.1, 0.15) is 5.82 Å². The molecule has 5 nitrogen and oxygen atoms in total. The van der Waals surface area contributed by atoms with Crippen LogP contribution in [0.5, 0.6) is 0 Å². The molecule has 132 valence electrons. The van der Waals surface area contributed by atoms with Crippen molar-refractivity contribution in [2.45, 2.75) is 6.18 Å². The first kappa shape index (κ1) is 18.2. The summed E-state index contributed by atoms with van der Waals surface area (Å²) in [6.07, 6.45) is -4.46. The van der Waals surface area contributed by atoms with Gasteiger partial charge in [-0.05, 0) is 42.5 Å². The quantitative estimate of drug-likeness (QED) is 0.734. The summed E-state index contributed by atoms with van der Waals surface area (Å²) in [5.41, 5.74) is -0.468. The fourth-order valence-electron chi connectivity index (χ4n) is 1.85. The van der Waals surface area contributed by atoms with Crippen LogP contribution < -0.4 is 16.0 Å². The van der Waals surface area contributed by atoms with Crippen molar-refractivity contribution in [1.82, 2.24) is 5.32 Å². The van der Waals surface area contributed by atoms with Gasteiger partial charge in [0.2, 0.25) is 5.91 Å². The zero-order valence-electron chi connectivity index (χ0n) is 12.7. The normalized spacial score (nSPS) is 10.9. The van der Waals surface area contributed by atoms with Gasteiger partial charge in [0.25, 0.3) is 0 Å². The Kier molecular flexibility index (Phi) is 5.58. The lowest BCUT2D eigenvalue weighted by atomic mass is 10.2. The number of alkyl halides is 3. The van der Waals surface area contributed by atoms with Crippen LogP contribution in [0.2, 0.25) is 0 Å². The molecule has 0 radical (unpaired) electrons. The molecule has 0 saturated carbocycles. The van der Waals surface area contributed by atoms with Crippen molar-refractivity contribution >= 4 is 23.3 Å². The number of hydrogen-bond acceptors (Lipinski definition) is 2. The molecule has 0 aliphatic rings. The minimum absolute atomic E-state index is 0.158. The second-order valence-electron chi connectivity index (χ2n) is 4.94. The molecule has 2 aromatic rings. The smallest absolute Gasteiger partial charge is 0.329 e. The number of rotatable bonds is 4. The Morgan fingerprint density at radius 3 is 2.20 bits per heavy atom. The molecular weight excluding hydrogens is 342 g/mol. The third kappa shape index (κ3) is 5.79. The van der Waals surface area contributed by atoms with Gasteiger partial charge in [-0.3, -0.25) is 4.79 Å². The molecule has 0 aliphatic heterocycles. The Balaban J connectivity index is 1.81. The number of carbonyl (C=O) groups excluding carboxylic acids is 2. The lowest BCUT2D eigenvalue weighted by molar-refractivity contribution is -0.137. The monoisotopic (exact) mass is 355 g/mol. The topological polar surface area (TPSA) is 70.2 Å². The molecule has 0 fully saturated rings. The van der Waals surface area contributed by atoms with Crippen molar-refractivity contribution in [3.05, 3.63) is 59.9 Å². The first-order valence-electron chi connectivity index (χ1n) is 7.01. The summed E-state index contributed by atoms with van der Waals surface area (Å²) >= 11 is 0. The molecule has 0 aromatic heterocycles. The lowest BCUT2D eigenvalue weighted by Gasteiger charge is -2.10. The van der Waals surface area contributed by atoms with E-state index in [0.29, 0.717) is 0 Å². The van der Waals surface area contributed by atoms with Gasteiger partial charge < -0.3 is 16.0 Å². The van der Waals surface area contributed by atoms with Crippen LogP contribution >= 0.6 is 0 Å². The number of anilines is 2. The summed E-state index contributed by atoms with van der Waals surface area (Å²) in [6.45, 7) is -0.415. The number of hydrogen-bond donors (Lipinski definition) is 3. The molecule has 0 atom stereocenters. The Hall–Kier alpha value is -3.10. The molecule has 0 spiro atoms. The molecule has 0 bridgehead atoms. The van der Waals surface area contributed by atoms with Crippen LogP contribution in [0.1, 0.15) is 5.56 Å². The molecule has 2 rings (SSSR count). The minimum atomic E-state index is -4.46. The summed E-state index contributed by atoms with van der Waals surface area (Å²) < 4.78 is 50.3. The lowest BCUT2D eigenvalue weighted by Crippen LogP contribution is -2.35. The fourth-order valence-corrected chi connectivity index (χ4v) is 1.85. The molecule has 3 N–H and O–H groups in total. The molecular formula is C16H13F4N3O2. The third-order valence-electron chi connectivity index (χ3n) is 2.99. The van der Waals surface area contributed by atoms with Crippen molar-refractivity contribution in [3.63, 3.8) is 0 Å². The molecule has 2 aromatic carbocycles. The van der Waals surface area contributed by atoms with Gasteiger partial charge in [0, 0.05) is 11.4 Å². The van der Waals surface area contributed by atoms with E-state index >= 15 is 0 Å². The first-order valence-corrected chi connectivity index (χ1v) is 7.01. The summed E-state index contributed by atoms with van der Waals surface area (Å²) in [5.74, 6) is -1.16. The predicted octanol–water partition coefficient (Wildman–Crippen LogP) is 3.60. The van der Waals surface area contributed by atoms with E-state index in [1.165, 1.54) is 18.2 Å². The molecule has 0 aliphatic carbocycles. The highest BCUT2D eigenvalue weighted by molar-refractivity contribution is 5.96. The number of amides is 3. The highest BCUT2D eigenvalue weighted by Gasteiger charge is 2.29. The van der Waals surface area contributed by atoms with E-state index in [9.17, 15) is 27.2 Å². The van der Waals surface area contributed by atoms with Crippen molar-refractivity contribution in [1.29, 1.82) is 0 Å². The van der Waals surface area contributed by atoms with Gasteiger partial charge in [-0.15, -0.1) is 0 Å². The van der Waals surface area contributed by atoms with Gasteiger partial charge in [-0.2, -0.15) is 13.2 Å². The largest absolute Gasteiger partial charge is 0.416 e. The fraction of sp³-hybridized carbons (Fsp3) is 0.125. The van der Waals surface area contributed by atoms with Gasteiger partial charge in [0.05, 0.1) is 12.1 Å². The molecule has 3 amide bonds. The molecule has 25 heavy (non-hydrogen) atoms. The highest BCUT2D eigenvalue weighted by Crippen LogP contribution is 2.29. The minimum Gasteiger partial charge on any atom is -0.329 e. The van der Waals surface area contributed by atoms with Crippen LogP contribution in [0, 0.1) is 5.82 Å². The summed E-state index contributed by atoms with van der Waals surface area (Å²) in [5, 5.41) is 6.91. The standard InChI is InChI=1S/C16H13F4N3O2/c17-11-2-1-3-13(8-11)23-15(25)21-9-14(24)22-12-6-4-10(5-7-12)16(18,19)20/h1-8H,9H2,(H,22,24)(H2,21,23,25). The highest BCUT2D eigenvalue weighted by atomic mass is 19.4. The van der Waals surface area contributed by atoms with Gasteiger partial charge in [-0.25, -0.2) is 9.18 Å². The van der Waals surface area contributed by atoms with Crippen molar-refractivity contribution in [3.8, 4) is 0 Å². The predicted molar refractivity (Wildman–Crippen MR) is 83.5 cm³/mol. The second-order valence-corrected chi connectivity index (χ2v) is 4.94. The van der Waals surface area contributed by atoms with Crippen molar-refractivity contribution in [2.75, 3.05) is 17.2 Å². The number of carbonyl (C=O) groups is 2. The van der Waals surface area contributed by atoms with E-state index in [0.717, 1.165) is 30.3 Å². The van der Waals surface area contributed by atoms with Crippen LogP contribution in [0.15, 0.2) is 48.5 Å². The average molecular weight is 355 g/mol. The Bertz CT molecular complexity index is 761. The maximum Gasteiger partial charge on any atom is 0.416 e. The zero-order valence-corrected chi connectivity index (χ0v) is 12.7. The van der Waals surface area contributed by atoms with Crippen LogP contribution in [0.3, 0.4) is 0 Å².